The van der Waals surface area contributed by atoms with E-state index in [1.165, 1.54) is 6.20 Å². The first-order valence-electron chi connectivity index (χ1n) is 2.66. The molecule has 1 heterocycles. The van der Waals surface area contributed by atoms with Gasteiger partial charge in [0.05, 0.1) is 10.0 Å². The molecule has 54 valence electrons. The number of aromatic amines is 1. The van der Waals surface area contributed by atoms with Crippen LogP contribution < -0.4 is 5.56 Å². The number of H-pyrrole nitrogens is 1. The lowest BCUT2D eigenvalue weighted by Crippen LogP contribution is -2.08. The van der Waals surface area contributed by atoms with Crippen LogP contribution >= 0.6 is 23.2 Å². The van der Waals surface area contributed by atoms with Crippen LogP contribution in [0.4, 0.5) is 0 Å². The molecule has 0 saturated heterocycles. The summed E-state index contributed by atoms with van der Waals surface area (Å²) >= 11 is 11.2. The van der Waals surface area contributed by atoms with Crippen LogP contribution in [0.5, 0.6) is 0 Å². The lowest BCUT2D eigenvalue weighted by atomic mass is 10.3. The molecule has 0 aliphatic carbocycles. The van der Waals surface area contributed by atoms with Crippen molar-refractivity contribution in [3.05, 3.63) is 32.2 Å². The van der Waals surface area contributed by atoms with Crippen molar-refractivity contribution in [2.75, 3.05) is 0 Å². The minimum absolute atomic E-state index is 0.200. The highest BCUT2D eigenvalue weighted by molar-refractivity contribution is 6.42. The van der Waals surface area contributed by atoms with Crippen molar-refractivity contribution in [1.29, 1.82) is 0 Å². The Kier molecular flexibility index (Phi) is 2.02. The van der Waals surface area contributed by atoms with Gasteiger partial charge in [-0.25, -0.2) is 0 Å². The van der Waals surface area contributed by atoms with Crippen molar-refractivity contribution in [3.63, 3.8) is 0 Å². The number of hydrogen-bond acceptors (Lipinski definition) is 1. The molecule has 0 radical (unpaired) electrons. The summed E-state index contributed by atoms with van der Waals surface area (Å²) in [6.45, 7) is 1.62. The van der Waals surface area contributed by atoms with E-state index in [9.17, 15) is 4.79 Å². The average Bonchev–Trinajstić information content (AvgIpc) is 1.93. The molecule has 1 rings (SSSR count). The SMILES string of the molecule is Cc1c(Cl)c(Cl)c[nH]c1=O. The third kappa shape index (κ3) is 1.18. The molecular formula is C6H5Cl2NO. The molecule has 0 atom stereocenters. The molecule has 10 heavy (non-hydrogen) atoms. The van der Waals surface area contributed by atoms with Gasteiger partial charge in [-0.2, -0.15) is 0 Å². The quantitative estimate of drug-likeness (QED) is 0.647. The van der Waals surface area contributed by atoms with Crippen molar-refractivity contribution in [2.24, 2.45) is 0 Å². The second-order valence-corrected chi connectivity index (χ2v) is 2.69. The number of aromatic nitrogens is 1. The van der Waals surface area contributed by atoms with E-state index in [4.69, 9.17) is 23.2 Å². The maximum atomic E-state index is 10.8. The molecule has 0 fully saturated rings. The minimum Gasteiger partial charge on any atom is -0.327 e. The molecule has 1 aromatic rings. The van der Waals surface area contributed by atoms with Gasteiger partial charge in [0, 0.05) is 11.8 Å². The average molecular weight is 178 g/mol. The Labute approximate surface area is 67.8 Å². The summed E-state index contributed by atoms with van der Waals surface area (Å²) in [5, 5.41) is 0.698. The number of hydrogen-bond donors (Lipinski definition) is 1. The van der Waals surface area contributed by atoms with Gasteiger partial charge in [0.15, 0.2) is 0 Å². The van der Waals surface area contributed by atoms with Crippen molar-refractivity contribution in [1.82, 2.24) is 4.98 Å². The Morgan fingerprint density at radius 2 is 2.10 bits per heavy atom. The first kappa shape index (κ1) is 7.63. The summed E-state index contributed by atoms with van der Waals surface area (Å²) in [6.07, 6.45) is 1.37. The molecule has 4 heteroatoms. The smallest absolute Gasteiger partial charge is 0.252 e. The molecule has 1 aromatic heterocycles. The fourth-order valence-corrected chi connectivity index (χ4v) is 0.916. The summed E-state index contributed by atoms with van der Waals surface area (Å²) in [7, 11) is 0. The van der Waals surface area contributed by atoms with Crippen LogP contribution in [0.25, 0.3) is 0 Å². The third-order valence-electron chi connectivity index (χ3n) is 1.21. The second kappa shape index (κ2) is 2.64. The molecule has 0 aromatic carbocycles. The minimum atomic E-state index is -0.200. The molecule has 1 N–H and O–H groups in total. The van der Waals surface area contributed by atoms with Crippen LogP contribution in [-0.2, 0) is 0 Å². The number of rotatable bonds is 0. The van der Waals surface area contributed by atoms with Crippen LogP contribution in [0.3, 0.4) is 0 Å². The normalized spacial score (nSPS) is 9.90. The van der Waals surface area contributed by atoms with E-state index in [1.807, 2.05) is 0 Å². The lowest BCUT2D eigenvalue weighted by Gasteiger charge is -1.96. The molecule has 0 amide bonds. The van der Waals surface area contributed by atoms with E-state index in [-0.39, 0.29) is 5.56 Å². The molecule has 2 nitrogen and oxygen atoms in total. The van der Waals surface area contributed by atoms with E-state index in [0.717, 1.165) is 0 Å². The maximum absolute atomic E-state index is 10.8. The topological polar surface area (TPSA) is 32.9 Å². The van der Waals surface area contributed by atoms with Gasteiger partial charge in [-0.15, -0.1) is 0 Å². The van der Waals surface area contributed by atoms with Crippen LogP contribution in [-0.4, -0.2) is 4.98 Å². The summed E-state index contributed by atoms with van der Waals surface area (Å²) in [4.78, 5) is 13.2. The van der Waals surface area contributed by atoms with Gasteiger partial charge in [-0.05, 0) is 6.92 Å². The molecule has 0 aliphatic rings. The first-order valence-corrected chi connectivity index (χ1v) is 3.42. The van der Waals surface area contributed by atoms with E-state index < -0.39 is 0 Å². The van der Waals surface area contributed by atoms with Crippen molar-refractivity contribution < 1.29 is 0 Å². The fraction of sp³-hybridized carbons (Fsp3) is 0.167. The van der Waals surface area contributed by atoms with Crippen LogP contribution in [0, 0.1) is 6.92 Å². The van der Waals surface area contributed by atoms with Gasteiger partial charge < -0.3 is 4.98 Å². The summed E-state index contributed by atoms with van der Waals surface area (Å²) in [5.41, 5.74) is 0.253. The molecule has 0 aliphatic heterocycles. The van der Waals surface area contributed by atoms with Crippen LogP contribution in [0.2, 0.25) is 10.0 Å². The summed E-state index contributed by atoms with van der Waals surface area (Å²) in [5.74, 6) is 0. The zero-order chi connectivity index (χ0) is 7.72. The fourth-order valence-electron chi connectivity index (χ4n) is 0.579. The molecule has 0 unspecified atom stereocenters. The number of nitrogens with one attached hydrogen (secondary N) is 1. The highest BCUT2D eigenvalue weighted by atomic mass is 35.5. The predicted molar refractivity (Wildman–Crippen MR) is 41.8 cm³/mol. The highest BCUT2D eigenvalue weighted by Crippen LogP contribution is 2.20. The number of pyridine rings is 1. The largest absolute Gasteiger partial charge is 0.327 e. The molecular weight excluding hydrogens is 173 g/mol. The maximum Gasteiger partial charge on any atom is 0.252 e. The molecule has 0 bridgehead atoms. The zero-order valence-corrected chi connectivity index (χ0v) is 6.75. The van der Waals surface area contributed by atoms with Crippen LogP contribution in [0.15, 0.2) is 11.0 Å². The first-order chi connectivity index (χ1) is 4.63. The molecule has 0 spiro atoms. The number of halogens is 2. The molecule has 0 saturated carbocycles. The predicted octanol–water partition coefficient (Wildman–Crippen LogP) is 1.99. The van der Waals surface area contributed by atoms with Crippen molar-refractivity contribution >= 4 is 23.2 Å². The van der Waals surface area contributed by atoms with Crippen LogP contribution in [0.1, 0.15) is 5.56 Å². The Hall–Kier alpha value is -0.470. The van der Waals surface area contributed by atoms with Gasteiger partial charge >= 0.3 is 0 Å². The Morgan fingerprint density at radius 1 is 1.50 bits per heavy atom. The Bertz CT molecular complexity index is 305. The van der Waals surface area contributed by atoms with Gasteiger partial charge in [0.1, 0.15) is 0 Å². The van der Waals surface area contributed by atoms with Crippen molar-refractivity contribution in [2.45, 2.75) is 6.92 Å². The monoisotopic (exact) mass is 177 g/mol. The summed E-state index contributed by atoms with van der Waals surface area (Å²) in [6, 6.07) is 0. The van der Waals surface area contributed by atoms with E-state index >= 15 is 0 Å². The zero-order valence-electron chi connectivity index (χ0n) is 5.24. The summed E-state index contributed by atoms with van der Waals surface area (Å²) < 4.78 is 0. The second-order valence-electron chi connectivity index (χ2n) is 1.90. The van der Waals surface area contributed by atoms with Gasteiger partial charge in [0.2, 0.25) is 0 Å². The van der Waals surface area contributed by atoms with Gasteiger partial charge in [-0.3, -0.25) is 4.79 Å². The lowest BCUT2D eigenvalue weighted by molar-refractivity contribution is 1.18. The van der Waals surface area contributed by atoms with E-state index in [1.54, 1.807) is 6.92 Å². The standard InChI is InChI=1S/C6H5Cl2NO/c1-3-5(8)4(7)2-9-6(3)10/h2H,1H3,(H,9,10). The highest BCUT2D eigenvalue weighted by Gasteiger charge is 2.02. The third-order valence-corrected chi connectivity index (χ3v) is 2.09. The Balaban J connectivity index is 3.49. The van der Waals surface area contributed by atoms with E-state index in [2.05, 4.69) is 4.98 Å². The van der Waals surface area contributed by atoms with E-state index in [0.29, 0.717) is 15.6 Å². The Morgan fingerprint density at radius 3 is 2.60 bits per heavy atom. The van der Waals surface area contributed by atoms with Crippen molar-refractivity contribution in [3.8, 4) is 0 Å². The van der Waals surface area contributed by atoms with Gasteiger partial charge in [0.25, 0.3) is 5.56 Å². The van der Waals surface area contributed by atoms with Gasteiger partial charge in [-0.1, -0.05) is 23.2 Å².